The highest BCUT2D eigenvalue weighted by Gasteiger charge is 2.08. The van der Waals surface area contributed by atoms with E-state index in [0.29, 0.717) is 0 Å². The fourth-order valence-corrected chi connectivity index (χ4v) is 2.72. The Balaban J connectivity index is 2.02. The minimum absolute atomic E-state index is 0.136. The van der Waals surface area contributed by atoms with Gasteiger partial charge in [0, 0.05) is 16.3 Å². The molecule has 0 saturated carbocycles. The van der Waals surface area contributed by atoms with E-state index in [1.807, 2.05) is 18.2 Å². The van der Waals surface area contributed by atoms with E-state index in [9.17, 15) is 4.79 Å². The third-order valence-corrected chi connectivity index (χ3v) is 4.02. The zero-order valence-electron chi connectivity index (χ0n) is 8.89. The number of aromatic nitrogens is 1. The van der Waals surface area contributed by atoms with Gasteiger partial charge in [0.1, 0.15) is 0 Å². The molecule has 0 bridgehead atoms. The van der Waals surface area contributed by atoms with Gasteiger partial charge in [-0.05, 0) is 18.1 Å². The van der Waals surface area contributed by atoms with Crippen molar-refractivity contribution in [1.29, 1.82) is 0 Å². The van der Waals surface area contributed by atoms with E-state index < -0.39 is 5.97 Å². The molecule has 5 heteroatoms. The molecule has 0 aliphatic rings. The summed E-state index contributed by atoms with van der Waals surface area (Å²) in [5, 5.41) is 11.2. The summed E-state index contributed by atoms with van der Waals surface area (Å²) in [6, 6.07) is 8.01. The Labute approximate surface area is 111 Å². The van der Waals surface area contributed by atoms with Crippen molar-refractivity contribution < 1.29 is 9.90 Å². The maximum Gasteiger partial charge on any atom is 0.355 e. The van der Waals surface area contributed by atoms with Gasteiger partial charge in [0.2, 0.25) is 0 Å². The standard InChI is InChI=1S/C12H10BrNO2S/c13-9-4-2-1-3-8(9)5-6-11-14-10(7-17-11)12(15)16/h1-4,7H,5-6H2,(H,15,16). The molecule has 0 radical (unpaired) electrons. The SMILES string of the molecule is O=C(O)c1csc(CCc2ccccc2Br)n1. The Morgan fingerprint density at radius 1 is 1.35 bits per heavy atom. The van der Waals surface area contributed by atoms with Crippen LogP contribution in [0.4, 0.5) is 0 Å². The normalized spacial score (nSPS) is 10.4. The van der Waals surface area contributed by atoms with Crippen molar-refractivity contribution in [1.82, 2.24) is 4.98 Å². The van der Waals surface area contributed by atoms with Crippen LogP contribution in [-0.4, -0.2) is 16.1 Å². The van der Waals surface area contributed by atoms with Crippen LogP contribution >= 0.6 is 27.3 Å². The molecule has 0 fully saturated rings. The first-order valence-corrected chi connectivity index (χ1v) is 6.75. The van der Waals surface area contributed by atoms with E-state index in [4.69, 9.17) is 5.11 Å². The van der Waals surface area contributed by atoms with Gasteiger partial charge in [0.05, 0.1) is 5.01 Å². The van der Waals surface area contributed by atoms with E-state index >= 15 is 0 Å². The topological polar surface area (TPSA) is 50.2 Å². The number of carboxylic acid groups (broad SMARTS) is 1. The van der Waals surface area contributed by atoms with Gasteiger partial charge in [-0.2, -0.15) is 0 Å². The number of benzene rings is 1. The highest BCUT2D eigenvalue weighted by molar-refractivity contribution is 9.10. The van der Waals surface area contributed by atoms with Crippen LogP contribution in [0.25, 0.3) is 0 Å². The van der Waals surface area contributed by atoms with Crippen LogP contribution in [0.5, 0.6) is 0 Å². The molecular formula is C12H10BrNO2S. The molecule has 0 saturated heterocycles. The minimum Gasteiger partial charge on any atom is -0.476 e. The molecule has 0 aliphatic heterocycles. The molecule has 2 rings (SSSR count). The van der Waals surface area contributed by atoms with Crippen LogP contribution in [-0.2, 0) is 12.8 Å². The lowest BCUT2D eigenvalue weighted by molar-refractivity contribution is 0.0691. The zero-order chi connectivity index (χ0) is 12.3. The molecule has 0 aliphatic carbocycles. The number of aryl methyl sites for hydroxylation is 2. The van der Waals surface area contributed by atoms with Gasteiger partial charge in [-0.1, -0.05) is 34.1 Å². The van der Waals surface area contributed by atoms with Crippen LogP contribution in [0.15, 0.2) is 34.1 Å². The van der Waals surface area contributed by atoms with E-state index in [0.717, 1.165) is 22.3 Å². The van der Waals surface area contributed by atoms with Crippen LogP contribution in [0.2, 0.25) is 0 Å². The van der Waals surface area contributed by atoms with E-state index in [1.54, 1.807) is 5.38 Å². The number of aromatic carboxylic acids is 1. The van der Waals surface area contributed by atoms with Gasteiger partial charge in [0.15, 0.2) is 5.69 Å². The molecule has 1 heterocycles. The Morgan fingerprint density at radius 2 is 2.12 bits per heavy atom. The number of rotatable bonds is 4. The third-order valence-electron chi connectivity index (χ3n) is 2.34. The first-order chi connectivity index (χ1) is 8.16. The summed E-state index contributed by atoms with van der Waals surface area (Å²) in [7, 11) is 0. The van der Waals surface area contributed by atoms with Crippen molar-refractivity contribution in [3.8, 4) is 0 Å². The van der Waals surface area contributed by atoms with Crippen molar-refractivity contribution in [3.05, 3.63) is 50.4 Å². The van der Waals surface area contributed by atoms with Crippen molar-refractivity contribution in [3.63, 3.8) is 0 Å². The van der Waals surface area contributed by atoms with Crippen LogP contribution in [0, 0.1) is 0 Å². The highest BCUT2D eigenvalue weighted by Crippen LogP contribution is 2.19. The van der Waals surface area contributed by atoms with Crippen molar-refractivity contribution >= 4 is 33.2 Å². The molecule has 0 spiro atoms. The number of halogens is 1. The lowest BCUT2D eigenvalue weighted by Gasteiger charge is -2.01. The Kier molecular flexibility index (Phi) is 3.91. The van der Waals surface area contributed by atoms with Crippen LogP contribution < -0.4 is 0 Å². The second-order valence-corrected chi connectivity index (χ2v) is 5.32. The molecule has 1 aromatic heterocycles. The number of nitrogens with zero attached hydrogens (tertiary/aromatic N) is 1. The average molecular weight is 312 g/mol. The van der Waals surface area contributed by atoms with Gasteiger partial charge < -0.3 is 5.11 Å². The van der Waals surface area contributed by atoms with Gasteiger partial charge in [0.25, 0.3) is 0 Å². The van der Waals surface area contributed by atoms with E-state index in [-0.39, 0.29) is 5.69 Å². The van der Waals surface area contributed by atoms with Crippen molar-refractivity contribution in [2.45, 2.75) is 12.8 Å². The fourth-order valence-electron chi connectivity index (χ4n) is 1.47. The lowest BCUT2D eigenvalue weighted by atomic mass is 10.1. The Bertz CT molecular complexity index is 539. The molecule has 88 valence electrons. The number of carbonyl (C=O) groups is 1. The number of hydrogen-bond acceptors (Lipinski definition) is 3. The molecule has 2 aromatic rings. The minimum atomic E-state index is -0.964. The Hall–Kier alpha value is -1.20. The maximum absolute atomic E-state index is 10.7. The number of carboxylic acids is 1. The summed E-state index contributed by atoms with van der Waals surface area (Å²) >= 11 is 4.88. The molecule has 0 unspecified atom stereocenters. The first kappa shape index (κ1) is 12.3. The van der Waals surface area contributed by atoms with E-state index in [1.165, 1.54) is 16.9 Å². The number of hydrogen-bond donors (Lipinski definition) is 1. The van der Waals surface area contributed by atoms with Gasteiger partial charge in [-0.25, -0.2) is 9.78 Å². The quantitative estimate of drug-likeness (QED) is 0.941. The van der Waals surface area contributed by atoms with Crippen LogP contribution in [0.1, 0.15) is 21.1 Å². The third kappa shape index (κ3) is 3.14. The summed E-state index contributed by atoms with van der Waals surface area (Å²) in [5.41, 5.74) is 1.34. The Morgan fingerprint density at radius 3 is 2.76 bits per heavy atom. The summed E-state index contributed by atoms with van der Waals surface area (Å²) in [6.07, 6.45) is 1.62. The van der Waals surface area contributed by atoms with Crippen LogP contribution in [0.3, 0.4) is 0 Å². The number of thiazole rings is 1. The molecule has 17 heavy (non-hydrogen) atoms. The molecule has 3 nitrogen and oxygen atoms in total. The summed E-state index contributed by atoms with van der Waals surface area (Å²) in [4.78, 5) is 14.7. The first-order valence-electron chi connectivity index (χ1n) is 5.08. The zero-order valence-corrected chi connectivity index (χ0v) is 11.3. The van der Waals surface area contributed by atoms with Gasteiger partial charge in [-0.15, -0.1) is 11.3 Å². The maximum atomic E-state index is 10.7. The molecule has 0 amide bonds. The monoisotopic (exact) mass is 311 g/mol. The molecular weight excluding hydrogens is 302 g/mol. The predicted molar refractivity (Wildman–Crippen MR) is 70.6 cm³/mol. The van der Waals surface area contributed by atoms with Crippen molar-refractivity contribution in [2.24, 2.45) is 0 Å². The highest BCUT2D eigenvalue weighted by atomic mass is 79.9. The van der Waals surface area contributed by atoms with Gasteiger partial charge >= 0.3 is 5.97 Å². The summed E-state index contributed by atoms with van der Waals surface area (Å²) in [6.45, 7) is 0. The smallest absolute Gasteiger partial charge is 0.355 e. The van der Waals surface area contributed by atoms with Gasteiger partial charge in [-0.3, -0.25) is 0 Å². The predicted octanol–water partition coefficient (Wildman–Crippen LogP) is 3.39. The second-order valence-electron chi connectivity index (χ2n) is 3.52. The second kappa shape index (κ2) is 5.42. The summed E-state index contributed by atoms with van der Waals surface area (Å²) in [5.74, 6) is -0.964. The van der Waals surface area contributed by atoms with Crippen molar-refractivity contribution in [2.75, 3.05) is 0 Å². The summed E-state index contributed by atoms with van der Waals surface area (Å²) < 4.78 is 1.08. The molecule has 1 N–H and O–H groups in total. The average Bonchev–Trinajstić information content (AvgIpc) is 2.77. The molecule has 0 atom stereocenters. The lowest BCUT2D eigenvalue weighted by Crippen LogP contribution is -1.97. The van der Waals surface area contributed by atoms with E-state index in [2.05, 4.69) is 27.0 Å². The fraction of sp³-hybridized carbons (Fsp3) is 0.167. The largest absolute Gasteiger partial charge is 0.476 e. The molecule has 1 aromatic carbocycles.